The number of rotatable bonds is 8. The van der Waals surface area contributed by atoms with Crippen molar-refractivity contribution in [1.29, 1.82) is 0 Å². The number of pyridine rings is 1. The third kappa shape index (κ3) is 6.44. The second kappa shape index (κ2) is 11.9. The van der Waals surface area contributed by atoms with E-state index in [9.17, 15) is 19.5 Å². The van der Waals surface area contributed by atoms with Gasteiger partial charge in [0.25, 0.3) is 5.91 Å². The summed E-state index contributed by atoms with van der Waals surface area (Å²) in [5.41, 5.74) is 1.36. The molecule has 180 valence electrons. The Bertz CT molecular complexity index is 1140. The van der Waals surface area contributed by atoms with Gasteiger partial charge in [0.2, 0.25) is 0 Å². The SMILES string of the molecule is COC(=O)CSc1cc(N(Cc2ccc(Cl)nc2)C(=O)C2=C(C(=O)O)CCCC2)c(Cl)cc1Cl. The highest BCUT2D eigenvalue weighted by atomic mass is 35.5. The van der Waals surface area contributed by atoms with Crippen molar-refractivity contribution in [3.63, 3.8) is 0 Å². The number of amides is 1. The van der Waals surface area contributed by atoms with Gasteiger partial charge in [-0.05, 0) is 49.4 Å². The summed E-state index contributed by atoms with van der Waals surface area (Å²) in [5, 5.41) is 10.5. The number of halogens is 3. The number of aromatic nitrogens is 1. The first-order valence-electron chi connectivity index (χ1n) is 10.3. The number of methoxy groups -OCH3 is 1. The number of carbonyl (C=O) groups is 3. The molecule has 0 fully saturated rings. The van der Waals surface area contributed by atoms with Crippen molar-refractivity contribution in [3.05, 3.63) is 62.4 Å². The molecule has 1 amide bonds. The fraction of sp³-hybridized carbons (Fsp3) is 0.304. The standard InChI is InChI=1S/C23H21Cl3N2O5S/c1-33-21(29)12-34-19-9-18(16(24)8-17(19)25)28(11-13-6-7-20(26)27-10-13)22(30)14-4-2-3-5-15(14)23(31)32/h6-10H,2-5,11-12H2,1H3,(H,31,32). The van der Waals surface area contributed by atoms with Crippen LogP contribution >= 0.6 is 46.6 Å². The van der Waals surface area contributed by atoms with E-state index in [0.29, 0.717) is 52.0 Å². The maximum absolute atomic E-state index is 13.7. The number of nitrogens with zero attached hydrogens (tertiary/aromatic N) is 2. The molecule has 2 aromatic rings. The monoisotopic (exact) mass is 542 g/mol. The van der Waals surface area contributed by atoms with Crippen molar-refractivity contribution in [2.45, 2.75) is 37.1 Å². The van der Waals surface area contributed by atoms with E-state index in [-0.39, 0.29) is 28.5 Å². The van der Waals surface area contributed by atoms with Gasteiger partial charge < -0.3 is 14.7 Å². The van der Waals surface area contributed by atoms with Gasteiger partial charge in [-0.15, -0.1) is 11.8 Å². The fourth-order valence-electron chi connectivity index (χ4n) is 3.52. The number of hydrogen-bond acceptors (Lipinski definition) is 6. The lowest BCUT2D eigenvalue weighted by molar-refractivity contribution is -0.137. The molecule has 0 unspecified atom stereocenters. The first kappa shape index (κ1) is 26.3. The average Bonchev–Trinajstić information content (AvgIpc) is 2.82. The Morgan fingerprint density at radius 2 is 1.79 bits per heavy atom. The number of carboxylic acids is 1. The van der Waals surface area contributed by atoms with Crippen LogP contribution in [0.4, 0.5) is 5.69 Å². The van der Waals surface area contributed by atoms with Crippen molar-refractivity contribution in [1.82, 2.24) is 4.98 Å². The number of aliphatic carboxylic acids is 1. The molecular formula is C23H21Cl3N2O5S. The van der Waals surface area contributed by atoms with E-state index in [1.807, 2.05) is 0 Å². The molecular weight excluding hydrogens is 523 g/mol. The summed E-state index contributed by atoms with van der Waals surface area (Å²) in [7, 11) is 1.29. The molecule has 3 rings (SSSR count). The minimum atomic E-state index is -1.10. The highest BCUT2D eigenvalue weighted by Crippen LogP contribution is 2.39. The molecule has 0 saturated carbocycles. The van der Waals surface area contributed by atoms with E-state index < -0.39 is 17.8 Å². The van der Waals surface area contributed by atoms with Gasteiger partial charge in [0.05, 0.1) is 35.1 Å². The highest BCUT2D eigenvalue weighted by molar-refractivity contribution is 8.00. The van der Waals surface area contributed by atoms with Crippen molar-refractivity contribution in [3.8, 4) is 0 Å². The number of carbonyl (C=O) groups excluding carboxylic acids is 2. The van der Waals surface area contributed by atoms with Crippen LogP contribution in [-0.4, -0.2) is 40.8 Å². The fourth-order valence-corrected chi connectivity index (χ4v) is 5.06. The van der Waals surface area contributed by atoms with Gasteiger partial charge in [0.15, 0.2) is 0 Å². The van der Waals surface area contributed by atoms with Gasteiger partial charge >= 0.3 is 11.9 Å². The van der Waals surface area contributed by atoms with E-state index >= 15 is 0 Å². The lowest BCUT2D eigenvalue weighted by atomic mass is 9.90. The summed E-state index contributed by atoms with van der Waals surface area (Å²) in [5.74, 6) is -1.98. The molecule has 1 aromatic heterocycles. The summed E-state index contributed by atoms with van der Waals surface area (Å²) in [6, 6.07) is 6.43. The van der Waals surface area contributed by atoms with E-state index in [4.69, 9.17) is 34.8 Å². The lowest BCUT2D eigenvalue weighted by Gasteiger charge is -2.28. The van der Waals surface area contributed by atoms with Gasteiger partial charge in [-0.1, -0.05) is 40.9 Å². The topological polar surface area (TPSA) is 96.8 Å². The molecule has 0 aliphatic heterocycles. The van der Waals surface area contributed by atoms with Crippen molar-refractivity contribution in [2.75, 3.05) is 17.8 Å². The summed E-state index contributed by atoms with van der Waals surface area (Å²) < 4.78 is 4.68. The first-order valence-corrected chi connectivity index (χ1v) is 12.4. The molecule has 11 heteroatoms. The molecule has 1 aliphatic carbocycles. The van der Waals surface area contributed by atoms with Gasteiger partial charge in [0, 0.05) is 22.2 Å². The smallest absolute Gasteiger partial charge is 0.332 e. The summed E-state index contributed by atoms with van der Waals surface area (Å²) >= 11 is 19.9. The normalized spacial score (nSPS) is 13.5. The molecule has 1 heterocycles. The van der Waals surface area contributed by atoms with Gasteiger partial charge in [-0.3, -0.25) is 9.59 Å². The number of benzene rings is 1. The third-order valence-electron chi connectivity index (χ3n) is 5.22. The second-order valence-electron chi connectivity index (χ2n) is 7.45. The number of esters is 1. The first-order chi connectivity index (χ1) is 16.2. The molecule has 1 N–H and O–H groups in total. The predicted molar refractivity (Wildman–Crippen MR) is 133 cm³/mol. The number of anilines is 1. The van der Waals surface area contributed by atoms with E-state index in [0.717, 1.165) is 11.8 Å². The Morgan fingerprint density at radius 1 is 1.09 bits per heavy atom. The number of carboxylic acid groups (broad SMARTS) is 1. The third-order valence-corrected chi connectivity index (χ3v) is 7.20. The Hall–Kier alpha value is -2.26. The van der Waals surface area contributed by atoms with E-state index in [1.165, 1.54) is 24.3 Å². The van der Waals surface area contributed by atoms with Crippen molar-refractivity contribution in [2.24, 2.45) is 0 Å². The van der Waals surface area contributed by atoms with Crippen LogP contribution in [-0.2, 0) is 25.7 Å². The molecule has 0 spiro atoms. The maximum atomic E-state index is 13.7. The van der Waals surface area contributed by atoms with E-state index in [2.05, 4.69) is 9.72 Å². The van der Waals surface area contributed by atoms with Crippen LogP contribution in [0, 0.1) is 0 Å². The van der Waals surface area contributed by atoms with Crippen LogP contribution in [0.25, 0.3) is 0 Å². The van der Waals surface area contributed by atoms with Crippen LogP contribution < -0.4 is 4.90 Å². The number of hydrogen-bond donors (Lipinski definition) is 1. The average molecular weight is 544 g/mol. The molecule has 0 radical (unpaired) electrons. The van der Waals surface area contributed by atoms with Gasteiger partial charge in [-0.25, -0.2) is 9.78 Å². The van der Waals surface area contributed by atoms with Crippen molar-refractivity contribution < 1.29 is 24.2 Å². The highest BCUT2D eigenvalue weighted by Gasteiger charge is 2.29. The van der Waals surface area contributed by atoms with E-state index in [1.54, 1.807) is 18.2 Å². The predicted octanol–water partition coefficient (Wildman–Crippen LogP) is 5.80. The van der Waals surface area contributed by atoms with Crippen LogP contribution in [0.3, 0.4) is 0 Å². The molecule has 7 nitrogen and oxygen atoms in total. The molecule has 1 aliphatic rings. The summed E-state index contributed by atoms with van der Waals surface area (Å²) in [6.45, 7) is 0.0713. The number of thioether (sulfide) groups is 1. The van der Waals surface area contributed by atoms with Crippen LogP contribution in [0.2, 0.25) is 15.2 Å². The molecule has 0 atom stereocenters. The quantitative estimate of drug-likeness (QED) is 0.255. The zero-order valence-electron chi connectivity index (χ0n) is 18.1. The van der Waals surface area contributed by atoms with Crippen molar-refractivity contribution >= 4 is 70.1 Å². The Balaban J connectivity index is 2.08. The zero-order valence-corrected chi connectivity index (χ0v) is 21.2. The summed E-state index contributed by atoms with van der Waals surface area (Å²) in [4.78, 5) is 43.2. The zero-order chi connectivity index (χ0) is 24.8. The van der Waals surface area contributed by atoms with Gasteiger partial charge in [0.1, 0.15) is 5.15 Å². The lowest BCUT2D eigenvalue weighted by Crippen LogP contribution is -2.34. The molecule has 34 heavy (non-hydrogen) atoms. The molecule has 0 bridgehead atoms. The Labute approximate surface area is 216 Å². The molecule has 0 saturated heterocycles. The van der Waals surface area contributed by atoms with Crippen LogP contribution in [0.15, 0.2) is 46.5 Å². The Kier molecular flexibility index (Phi) is 9.24. The van der Waals surface area contributed by atoms with Crippen LogP contribution in [0.1, 0.15) is 31.2 Å². The Morgan fingerprint density at radius 3 is 2.41 bits per heavy atom. The largest absolute Gasteiger partial charge is 0.478 e. The van der Waals surface area contributed by atoms with Crippen LogP contribution in [0.5, 0.6) is 0 Å². The number of ether oxygens (including phenoxy) is 1. The molecule has 1 aromatic carbocycles. The minimum Gasteiger partial charge on any atom is -0.478 e. The summed E-state index contributed by atoms with van der Waals surface area (Å²) in [6.07, 6.45) is 3.62. The maximum Gasteiger partial charge on any atom is 0.332 e. The van der Waals surface area contributed by atoms with Gasteiger partial charge in [-0.2, -0.15) is 0 Å². The second-order valence-corrected chi connectivity index (χ2v) is 9.67. The minimum absolute atomic E-state index is 0.0145.